The molecular weight excluding hydrogens is 366 g/mol. The first-order valence-electron chi connectivity index (χ1n) is 10.9. The zero-order valence-electron chi connectivity index (χ0n) is 17.9. The molecule has 2 aliphatic heterocycles. The topological polar surface area (TPSA) is 53.1 Å². The molecular formula is C23H35N3O3. The Kier molecular flexibility index (Phi) is 7.92. The summed E-state index contributed by atoms with van der Waals surface area (Å²) < 4.78 is 5.18. The van der Waals surface area contributed by atoms with E-state index in [4.69, 9.17) is 4.74 Å². The van der Waals surface area contributed by atoms with Gasteiger partial charge in [0.15, 0.2) is 0 Å². The summed E-state index contributed by atoms with van der Waals surface area (Å²) >= 11 is 0. The van der Waals surface area contributed by atoms with Gasteiger partial charge in [0.25, 0.3) is 0 Å². The van der Waals surface area contributed by atoms with Crippen LogP contribution in [0.4, 0.5) is 0 Å². The van der Waals surface area contributed by atoms with Gasteiger partial charge in [-0.15, -0.1) is 0 Å². The third kappa shape index (κ3) is 6.20. The number of carbonyl (C=O) groups excluding carboxylic acids is 2. The van der Waals surface area contributed by atoms with Crippen LogP contribution in [0, 0.1) is 5.92 Å². The van der Waals surface area contributed by atoms with E-state index in [9.17, 15) is 9.59 Å². The van der Waals surface area contributed by atoms with E-state index in [1.165, 1.54) is 12.8 Å². The molecule has 29 heavy (non-hydrogen) atoms. The Labute approximate surface area is 174 Å². The summed E-state index contributed by atoms with van der Waals surface area (Å²) in [4.78, 5) is 31.5. The van der Waals surface area contributed by atoms with Gasteiger partial charge in [-0.05, 0) is 56.5 Å². The van der Waals surface area contributed by atoms with Crippen molar-refractivity contribution in [3.8, 4) is 5.75 Å². The Morgan fingerprint density at radius 3 is 2.21 bits per heavy atom. The van der Waals surface area contributed by atoms with Gasteiger partial charge in [-0.25, -0.2) is 0 Å². The van der Waals surface area contributed by atoms with E-state index in [1.54, 1.807) is 12.0 Å². The van der Waals surface area contributed by atoms with Gasteiger partial charge in [0, 0.05) is 32.6 Å². The minimum atomic E-state index is 0.123. The van der Waals surface area contributed by atoms with Crippen LogP contribution < -0.4 is 4.74 Å². The standard InChI is InChI=1S/C23H35N3O3/c1-24(17-19-7-9-21(29-2)10-8-19)22(27)18-25-15-11-20(12-16-25)23(28)26-13-5-3-4-6-14-26/h7-10,20H,3-6,11-18H2,1-2H3. The van der Waals surface area contributed by atoms with Gasteiger partial charge in [-0.3, -0.25) is 14.5 Å². The van der Waals surface area contributed by atoms with Crippen molar-refractivity contribution in [2.24, 2.45) is 5.92 Å². The van der Waals surface area contributed by atoms with Crippen molar-refractivity contribution in [2.45, 2.75) is 45.1 Å². The number of carbonyl (C=O) groups is 2. The lowest BCUT2D eigenvalue weighted by Gasteiger charge is -2.34. The van der Waals surface area contributed by atoms with Crippen LogP contribution in [-0.2, 0) is 16.1 Å². The number of ether oxygens (including phenoxy) is 1. The number of nitrogens with zero attached hydrogens (tertiary/aromatic N) is 3. The van der Waals surface area contributed by atoms with Crippen LogP contribution in [0.25, 0.3) is 0 Å². The van der Waals surface area contributed by atoms with Crippen molar-refractivity contribution in [1.82, 2.24) is 14.7 Å². The molecule has 0 spiro atoms. The number of likely N-dealkylation sites (tertiary alicyclic amines) is 2. The predicted octanol–water partition coefficient (Wildman–Crippen LogP) is 2.77. The molecule has 0 aromatic heterocycles. The maximum absolute atomic E-state index is 12.8. The molecule has 2 amide bonds. The second-order valence-electron chi connectivity index (χ2n) is 8.39. The first-order chi connectivity index (χ1) is 14.1. The second kappa shape index (κ2) is 10.6. The highest BCUT2D eigenvalue weighted by Gasteiger charge is 2.29. The van der Waals surface area contributed by atoms with Crippen LogP contribution in [0.5, 0.6) is 5.75 Å². The van der Waals surface area contributed by atoms with Crippen molar-refractivity contribution < 1.29 is 14.3 Å². The van der Waals surface area contributed by atoms with Crippen LogP contribution in [-0.4, -0.2) is 73.4 Å². The van der Waals surface area contributed by atoms with E-state index in [0.29, 0.717) is 19.0 Å². The van der Waals surface area contributed by atoms with E-state index in [2.05, 4.69) is 9.80 Å². The summed E-state index contributed by atoms with van der Waals surface area (Å²) in [6.07, 6.45) is 6.50. The molecule has 6 heteroatoms. The molecule has 2 saturated heterocycles. The third-order valence-corrected chi connectivity index (χ3v) is 6.22. The quantitative estimate of drug-likeness (QED) is 0.736. The Hall–Kier alpha value is -2.08. The molecule has 0 saturated carbocycles. The fourth-order valence-corrected chi connectivity index (χ4v) is 4.29. The lowest BCUT2D eigenvalue weighted by molar-refractivity contribution is -0.137. The number of hydrogen-bond donors (Lipinski definition) is 0. The van der Waals surface area contributed by atoms with Gasteiger partial charge >= 0.3 is 0 Å². The fraction of sp³-hybridized carbons (Fsp3) is 0.652. The highest BCUT2D eigenvalue weighted by atomic mass is 16.5. The Balaban J connectivity index is 1.42. The summed E-state index contributed by atoms with van der Waals surface area (Å²) in [5, 5.41) is 0. The van der Waals surface area contributed by atoms with Crippen molar-refractivity contribution in [1.29, 1.82) is 0 Å². The lowest BCUT2D eigenvalue weighted by Crippen LogP contribution is -2.45. The summed E-state index contributed by atoms with van der Waals surface area (Å²) in [5.74, 6) is 1.42. The molecule has 6 nitrogen and oxygen atoms in total. The smallest absolute Gasteiger partial charge is 0.236 e. The van der Waals surface area contributed by atoms with E-state index in [0.717, 1.165) is 63.2 Å². The van der Waals surface area contributed by atoms with Gasteiger partial charge < -0.3 is 14.5 Å². The third-order valence-electron chi connectivity index (χ3n) is 6.22. The summed E-state index contributed by atoms with van der Waals surface area (Å²) in [6, 6.07) is 7.81. The van der Waals surface area contributed by atoms with Gasteiger partial charge in [0.1, 0.15) is 5.75 Å². The van der Waals surface area contributed by atoms with Crippen LogP contribution in [0.1, 0.15) is 44.1 Å². The van der Waals surface area contributed by atoms with Gasteiger partial charge in [-0.1, -0.05) is 25.0 Å². The molecule has 0 bridgehead atoms. The molecule has 0 unspecified atom stereocenters. The second-order valence-corrected chi connectivity index (χ2v) is 8.39. The molecule has 0 radical (unpaired) electrons. The Morgan fingerprint density at radius 1 is 1.00 bits per heavy atom. The molecule has 2 fully saturated rings. The van der Waals surface area contributed by atoms with Gasteiger partial charge in [-0.2, -0.15) is 0 Å². The largest absolute Gasteiger partial charge is 0.497 e. The van der Waals surface area contributed by atoms with Crippen molar-refractivity contribution in [2.75, 3.05) is 46.9 Å². The van der Waals surface area contributed by atoms with Gasteiger partial charge in [0.2, 0.25) is 11.8 Å². The molecule has 3 rings (SSSR count). The first kappa shape index (κ1) is 21.6. The molecule has 0 N–H and O–H groups in total. The number of rotatable bonds is 6. The number of benzene rings is 1. The number of hydrogen-bond acceptors (Lipinski definition) is 4. The lowest BCUT2D eigenvalue weighted by atomic mass is 9.95. The van der Waals surface area contributed by atoms with E-state index in [1.807, 2.05) is 31.3 Å². The summed E-state index contributed by atoms with van der Waals surface area (Å²) in [5.41, 5.74) is 1.09. The van der Waals surface area contributed by atoms with Gasteiger partial charge in [0.05, 0.1) is 13.7 Å². The molecule has 2 heterocycles. The number of likely N-dealkylation sites (N-methyl/N-ethyl adjacent to an activating group) is 1. The van der Waals surface area contributed by atoms with Crippen LogP contribution in [0.15, 0.2) is 24.3 Å². The zero-order valence-corrected chi connectivity index (χ0v) is 17.9. The highest BCUT2D eigenvalue weighted by Crippen LogP contribution is 2.22. The monoisotopic (exact) mass is 401 g/mol. The van der Waals surface area contributed by atoms with E-state index < -0.39 is 0 Å². The minimum absolute atomic E-state index is 0.123. The molecule has 1 aromatic rings. The minimum Gasteiger partial charge on any atom is -0.497 e. The van der Waals surface area contributed by atoms with Crippen LogP contribution in [0.3, 0.4) is 0 Å². The SMILES string of the molecule is COc1ccc(CN(C)C(=O)CN2CCC(C(=O)N3CCCCCC3)CC2)cc1. The average molecular weight is 402 g/mol. The number of piperidine rings is 1. The summed E-state index contributed by atoms with van der Waals surface area (Å²) in [6.45, 7) is 4.52. The van der Waals surface area contributed by atoms with Crippen LogP contribution in [0.2, 0.25) is 0 Å². The zero-order chi connectivity index (χ0) is 20.6. The molecule has 1 aromatic carbocycles. The molecule has 160 valence electrons. The number of methoxy groups -OCH3 is 1. The van der Waals surface area contributed by atoms with Crippen molar-refractivity contribution >= 4 is 11.8 Å². The molecule has 2 aliphatic rings. The highest BCUT2D eigenvalue weighted by molar-refractivity contribution is 5.79. The van der Waals surface area contributed by atoms with E-state index in [-0.39, 0.29) is 11.8 Å². The van der Waals surface area contributed by atoms with Crippen LogP contribution >= 0.6 is 0 Å². The molecule has 0 aliphatic carbocycles. The fourth-order valence-electron chi connectivity index (χ4n) is 4.29. The molecule has 0 atom stereocenters. The Morgan fingerprint density at radius 2 is 1.62 bits per heavy atom. The maximum atomic E-state index is 12.8. The maximum Gasteiger partial charge on any atom is 0.236 e. The number of amides is 2. The van der Waals surface area contributed by atoms with E-state index >= 15 is 0 Å². The van der Waals surface area contributed by atoms with Crippen molar-refractivity contribution in [3.63, 3.8) is 0 Å². The van der Waals surface area contributed by atoms with Crippen molar-refractivity contribution in [3.05, 3.63) is 29.8 Å². The predicted molar refractivity (Wildman–Crippen MR) is 114 cm³/mol. The summed E-state index contributed by atoms with van der Waals surface area (Å²) in [7, 11) is 3.50. The average Bonchev–Trinajstić information content (AvgIpc) is 3.04. The Bertz CT molecular complexity index is 660. The normalized spacial score (nSPS) is 18.9. The first-order valence-corrected chi connectivity index (χ1v) is 10.9.